The van der Waals surface area contributed by atoms with E-state index >= 15 is 0 Å². The van der Waals surface area contributed by atoms with Crippen LogP contribution in [0.5, 0.6) is 0 Å². The van der Waals surface area contributed by atoms with E-state index in [1.807, 2.05) is 0 Å². The van der Waals surface area contributed by atoms with Gasteiger partial charge in [0.25, 0.3) is 5.91 Å². The molecule has 8 heteroatoms. The molecule has 6 rings (SSSR count). The van der Waals surface area contributed by atoms with Crippen LogP contribution in [0.4, 0.5) is 11.8 Å². The number of aromatic nitrogens is 2. The lowest BCUT2D eigenvalue weighted by Crippen LogP contribution is -2.51. The first-order valence-electron chi connectivity index (χ1n) is 10.1. The van der Waals surface area contributed by atoms with E-state index in [2.05, 4.69) is 15.0 Å². The van der Waals surface area contributed by atoms with Gasteiger partial charge in [-0.3, -0.25) is 4.79 Å². The van der Waals surface area contributed by atoms with Crippen molar-refractivity contribution >= 4 is 17.7 Å². The van der Waals surface area contributed by atoms with Gasteiger partial charge in [-0.05, 0) is 44.4 Å². The molecule has 0 bridgehead atoms. The lowest BCUT2D eigenvalue weighted by Gasteiger charge is -2.42. The van der Waals surface area contributed by atoms with Crippen LogP contribution in [0.2, 0.25) is 0 Å². The third-order valence-corrected chi connectivity index (χ3v) is 7.78. The summed E-state index contributed by atoms with van der Waals surface area (Å²) in [6.07, 6.45) is 7.18. The van der Waals surface area contributed by atoms with Gasteiger partial charge in [-0.1, -0.05) is 0 Å². The third kappa shape index (κ3) is 2.10. The zero-order valence-electron chi connectivity index (χ0n) is 15.4. The van der Waals surface area contributed by atoms with Crippen molar-refractivity contribution in [2.24, 2.45) is 22.7 Å². The first-order chi connectivity index (χ1) is 13.0. The Balaban J connectivity index is 1.28. The molecule has 1 aromatic heterocycles. The zero-order chi connectivity index (χ0) is 18.4. The van der Waals surface area contributed by atoms with Crippen LogP contribution in [0, 0.1) is 16.7 Å². The average molecular weight is 368 g/mol. The Labute approximate surface area is 157 Å². The van der Waals surface area contributed by atoms with Crippen LogP contribution in [0.3, 0.4) is 0 Å². The van der Waals surface area contributed by atoms with E-state index in [1.165, 1.54) is 30.5 Å². The van der Waals surface area contributed by atoms with Gasteiger partial charge in [-0.15, -0.1) is 4.91 Å². The molecule has 2 aliphatic heterocycles. The van der Waals surface area contributed by atoms with Gasteiger partial charge >= 0.3 is 0 Å². The molecule has 0 radical (unpaired) electrons. The van der Waals surface area contributed by atoms with Crippen LogP contribution in [0.25, 0.3) is 0 Å². The Morgan fingerprint density at radius 3 is 2.74 bits per heavy atom. The number of rotatable bonds is 4. The van der Waals surface area contributed by atoms with Crippen molar-refractivity contribution in [1.29, 1.82) is 0 Å². The Hall–Kier alpha value is -2.09. The highest BCUT2D eigenvalue weighted by molar-refractivity contribution is 5.78. The number of fused-ring (bicyclic) bond motifs is 2. The number of nitrogens with two attached hydrogens (primary N) is 1. The molecule has 5 aliphatic rings. The first-order valence-corrected chi connectivity index (χ1v) is 10.1. The van der Waals surface area contributed by atoms with E-state index < -0.39 is 5.91 Å². The molecule has 3 aliphatic carbocycles. The number of amides is 1. The smallest absolute Gasteiger partial charge is 0.286 e. The molecule has 1 spiro atoms. The van der Waals surface area contributed by atoms with Gasteiger partial charge in [0.15, 0.2) is 0 Å². The lowest BCUT2D eigenvalue weighted by atomic mass is 10.0. The maximum atomic E-state index is 11.4. The van der Waals surface area contributed by atoms with Crippen molar-refractivity contribution < 1.29 is 4.79 Å². The van der Waals surface area contributed by atoms with Crippen LogP contribution < -0.4 is 15.5 Å². The van der Waals surface area contributed by atoms with E-state index in [0.717, 1.165) is 44.1 Å². The summed E-state index contributed by atoms with van der Waals surface area (Å²) in [6.45, 7) is 2.56. The van der Waals surface area contributed by atoms with Crippen molar-refractivity contribution in [3.63, 3.8) is 0 Å². The topological polar surface area (TPSA) is 105 Å². The van der Waals surface area contributed by atoms with Gasteiger partial charge in [-0.25, -0.2) is 4.98 Å². The first kappa shape index (κ1) is 15.9. The highest BCUT2D eigenvalue weighted by Gasteiger charge is 2.67. The molecule has 2 unspecified atom stereocenters. The van der Waals surface area contributed by atoms with Crippen molar-refractivity contribution in [3.05, 3.63) is 16.2 Å². The van der Waals surface area contributed by atoms with Crippen molar-refractivity contribution in [3.8, 4) is 0 Å². The minimum atomic E-state index is -0.580. The fraction of sp³-hybridized carbons (Fsp3) is 0.737. The number of piperidine rings is 1. The van der Waals surface area contributed by atoms with Crippen molar-refractivity contribution in [1.82, 2.24) is 9.97 Å². The molecule has 2 N–H and O–H groups in total. The van der Waals surface area contributed by atoms with Gasteiger partial charge in [0, 0.05) is 53.8 Å². The molecule has 1 amide bonds. The Morgan fingerprint density at radius 2 is 2.11 bits per heavy atom. The minimum Gasteiger partial charge on any atom is -0.354 e. The van der Waals surface area contributed by atoms with Gasteiger partial charge in [0.1, 0.15) is 5.82 Å². The minimum absolute atomic E-state index is 0.0819. The highest BCUT2D eigenvalue weighted by Crippen LogP contribution is 2.57. The molecule has 8 nitrogen and oxygen atoms in total. The predicted octanol–water partition coefficient (Wildman–Crippen LogP) is 1.15. The summed E-state index contributed by atoms with van der Waals surface area (Å²) in [5.74, 6) is 1.71. The standard InChI is InChI=1S/C19H24N6O2/c20-19-10-24(9-13(19)12(19)8-15(26)23-27)16-11-2-1-3-14(11)21-17(22-16)25-7-6-18(25)4-5-18/h12-13H,1-10,20H2/t12?,13-,19?/m1/s1. The van der Waals surface area contributed by atoms with E-state index in [4.69, 9.17) is 15.7 Å². The second-order valence-corrected chi connectivity index (χ2v) is 9.15. The largest absolute Gasteiger partial charge is 0.354 e. The fourth-order valence-electron chi connectivity index (χ4n) is 5.81. The Morgan fingerprint density at radius 1 is 1.26 bits per heavy atom. The summed E-state index contributed by atoms with van der Waals surface area (Å²) in [5, 5.41) is 2.53. The number of carbonyl (C=O) groups excluding carboxylic acids is 1. The van der Waals surface area contributed by atoms with Crippen molar-refractivity contribution in [2.75, 3.05) is 29.4 Å². The van der Waals surface area contributed by atoms with Crippen molar-refractivity contribution in [2.45, 2.75) is 56.0 Å². The molecule has 3 atom stereocenters. The summed E-state index contributed by atoms with van der Waals surface area (Å²) in [4.78, 5) is 36.5. The maximum absolute atomic E-state index is 11.4. The van der Waals surface area contributed by atoms with E-state index in [9.17, 15) is 9.70 Å². The molecular weight excluding hydrogens is 344 g/mol. The van der Waals surface area contributed by atoms with Gasteiger partial charge in [0.05, 0.1) is 5.69 Å². The number of nitroso groups, excluding NO2 is 1. The highest BCUT2D eigenvalue weighted by atomic mass is 16.3. The second-order valence-electron chi connectivity index (χ2n) is 9.15. The normalized spacial score (nSPS) is 34.3. The molecule has 2 saturated heterocycles. The van der Waals surface area contributed by atoms with Crippen LogP contribution in [0.1, 0.15) is 43.4 Å². The summed E-state index contributed by atoms with van der Waals surface area (Å²) in [6, 6.07) is 0. The number of hydrogen-bond donors (Lipinski definition) is 1. The van der Waals surface area contributed by atoms with E-state index in [-0.39, 0.29) is 23.8 Å². The fourth-order valence-corrected chi connectivity index (χ4v) is 5.81. The van der Waals surface area contributed by atoms with E-state index in [1.54, 1.807) is 0 Å². The third-order valence-electron chi connectivity index (χ3n) is 7.78. The predicted molar refractivity (Wildman–Crippen MR) is 99.5 cm³/mol. The summed E-state index contributed by atoms with van der Waals surface area (Å²) < 4.78 is 0. The summed E-state index contributed by atoms with van der Waals surface area (Å²) >= 11 is 0. The monoisotopic (exact) mass is 368 g/mol. The van der Waals surface area contributed by atoms with Gasteiger partial charge in [-0.2, -0.15) is 4.98 Å². The molecule has 3 heterocycles. The number of carbonyl (C=O) groups is 1. The summed E-state index contributed by atoms with van der Waals surface area (Å²) in [5.41, 5.74) is 9.04. The second kappa shape index (κ2) is 5.04. The molecule has 27 heavy (non-hydrogen) atoms. The van der Waals surface area contributed by atoms with Crippen LogP contribution in [0.15, 0.2) is 5.18 Å². The van der Waals surface area contributed by atoms with E-state index in [0.29, 0.717) is 12.1 Å². The number of aryl methyl sites for hydroxylation is 1. The zero-order valence-corrected chi connectivity index (χ0v) is 15.4. The van der Waals surface area contributed by atoms with Crippen LogP contribution in [-0.2, 0) is 17.6 Å². The molecule has 0 aromatic carbocycles. The molecule has 4 fully saturated rings. The quantitative estimate of drug-likeness (QED) is 0.795. The Bertz CT molecular complexity index is 868. The molecule has 2 saturated carbocycles. The molecular formula is C19H24N6O2. The molecule has 142 valence electrons. The van der Waals surface area contributed by atoms with Crippen LogP contribution >= 0.6 is 0 Å². The average Bonchev–Trinajstić information content (AvgIpc) is 3.43. The SMILES string of the molecule is NC12CN(c3nc(N4CCC45CC5)nc4c3CCC4)C[C@@H]1C2CC(=O)N=O. The number of anilines is 2. The Kier molecular flexibility index (Phi) is 2.97. The summed E-state index contributed by atoms with van der Waals surface area (Å²) in [7, 11) is 0. The number of nitrogens with zero attached hydrogens (tertiary/aromatic N) is 5. The van der Waals surface area contributed by atoms with Crippen LogP contribution in [-0.4, -0.2) is 46.6 Å². The lowest BCUT2D eigenvalue weighted by molar-refractivity contribution is -0.118. The maximum Gasteiger partial charge on any atom is 0.286 e. The number of hydrogen-bond acceptors (Lipinski definition) is 7. The van der Waals surface area contributed by atoms with Gasteiger partial charge in [0.2, 0.25) is 5.95 Å². The molecule has 1 aromatic rings. The van der Waals surface area contributed by atoms with Gasteiger partial charge < -0.3 is 15.5 Å².